The second kappa shape index (κ2) is 6.72. The van der Waals surface area contributed by atoms with Crippen molar-refractivity contribution in [1.29, 1.82) is 5.26 Å². The molecule has 0 spiro atoms. The van der Waals surface area contributed by atoms with E-state index >= 15 is 0 Å². The van der Waals surface area contributed by atoms with Gasteiger partial charge in [0.25, 0.3) is 0 Å². The van der Waals surface area contributed by atoms with Crippen LogP contribution in [0.2, 0.25) is 0 Å². The lowest BCUT2D eigenvalue weighted by molar-refractivity contribution is -0.133. The highest BCUT2D eigenvalue weighted by Gasteiger charge is 2.37. The number of carbonyl (C=O) groups is 1. The average Bonchev–Trinajstić information content (AvgIpc) is 3.23. The molecule has 0 aromatic heterocycles. The molecule has 3 atom stereocenters. The highest BCUT2D eigenvalue weighted by molar-refractivity contribution is 5.83. The Hall–Kier alpha value is -1.86. The van der Waals surface area contributed by atoms with Crippen LogP contribution in [0.25, 0.3) is 0 Å². The van der Waals surface area contributed by atoms with Crippen LogP contribution >= 0.6 is 0 Å². The Morgan fingerprint density at radius 3 is 2.91 bits per heavy atom. The summed E-state index contributed by atoms with van der Waals surface area (Å²) in [5.41, 5.74) is 2.74. The van der Waals surface area contributed by atoms with Gasteiger partial charge in [0.1, 0.15) is 6.04 Å². The first-order valence-electron chi connectivity index (χ1n) is 8.64. The molecule has 2 aliphatic heterocycles. The van der Waals surface area contributed by atoms with Crippen LogP contribution in [0.4, 0.5) is 0 Å². The first kappa shape index (κ1) is 16.0. The number of rotatable bonds is 3. The molecule has 4 nitrogen and oxygen atoms in total. The fourth-order valence-electron chi connectivity index (χ4n) is 3.93. The van der Waals surface area contributed by atoms with Crippen molar-refractivity contribution < 1.29 is 4.79 Å². The number of nitrogens with zero attached hydrogens (tertiary/aromatic N) is 2. The molecule has 122 valence electrons. The van der Waals surface area contributed by atoms with Crippen molar-refractivity contribution in [3.05, 3.63) is 35.4 Å². The third-order valence-electron chi connectivity index (χ3n) is 5.17. The number of hydrogen-bond donors (Lipinski definition) is 1. The molecule has 2 heterocycles. The van der Waals surface area contributed by atoms with Crippen molar-refractivity contribution in [3.63, 3.8) is 0 Å². The maximum atomic E-state index is 12.7. The molecule has 0 aliphatic carbocycles. The van der Waals surface area contributed by atoms with E-state index in [1.807, 2.05) is 0 Å². The van der Waals surface area contributed by atoms with E-state index in [0.29, 0.717) is 11.8 Å². The van der Waals surface area contributed by atoms with Crippen LogP contribution in [0.15, 0.2) is 24.3 Å². The zero-order valence-corrected chi connectivity index (χ0v) is 14.0. The maximum Gasteiger partial charge on any atom is 0.240 e. The largest absolute Gasteiger partial charge is 0.325 e. The number of benzene rings is 1. The summed E-state index contributed by atoms with van der Waals surface area (Å²) in [6.45, 7) is 5.99. The van der Waals surface area contributed by atoms with Crippen molar-refractivity contribution in [1.82, 2.24) is 10.2 Å². The molecule has 0 radical (unpaired) electrons. The van der Waals surface area contributed by atoms with Crippen LogP contribution in [-0.2, 0) is 4.79 Å². The van der Waals surface area contributed by atoms with Crippen LogP contribution < -0.4 is 5.32 Å². The SMILES string of the molecule is CC(C)c1ccccc1[C@@H]1CN[C@H](C(=O)N2CCC[C@H]2C#N)C1. The molecule has 2 fully saturated rings. The molecule has 1 aromatic carbocycles. The average molecular weight is 311 g/mol. The Morgan fingerprint density at radius 2 is 2.17 bits per heavy atom. The second-order valence-electron chi connectivity index (χ2n) is 7.00. The van der Waals surface area contributed by atoms with Gasteiger partial charge in [-0.1, -0.05) is 38.1 Å². The third kappa shape index (κ3) is 3.11. The molecule has 3 rings (SSSR count). The van der Waals surface area contributed by atoms with Gasteiger partial charge in [0.05, 0.1) is 12.1 Å². The lowest BCUT2D eigenvalue weighted by Gasteiger charge is -2.23. The van der Waals surface area contributed by atoms with E-state index in [1.54, 1.807) is 4.90 Å². The van der Waals surface area contributed by atoms with Crippen LogP contribution in [0, 0.1) is 11.3 Å². The van der Waals surface area contributed by atoms with E-state index in [0.717, 1.165) is 32.4 Å². The second-order valence-corrected chi connectivity index (χ2v) is 7.00. The monoisotopic (exact) mass is 311 g/mol. The molecule has 4 heteroatoms. The number of likely N-dealkylation sites (tertiary alicyclic amines) is 1. The van der Waals surface area contributed by atoms with Gasteiger partial charge in [-0.25, -0.2) is 0 Å². The van der Waals surface area contributed by atoms with Gasteiger partial charge in [0, 0.05) is 13.1 Å². The molecular formula is C19H25N3O. The minimum absolute atomic E-state index is 0.110. The van der Waals surface area contributed by atoms with Crippen LogP contribution in [-0.4, -0.2) is 36.0 Å². The molecule has 0 saturated carbocycles. The van der Waals surface area contributed by atoms with E-state index in [2.05, 4.69) is 49.5 Å². The van der Waals surface area contributed by atoms with E-state index in [1.165, 1.54) is 11.1 Å². The minimum atomic E-state index is -0.230. The molecular weight excluding hydrogens is 286 g/mol. The molecule has 2 saturated heterocycles. The Bertz CT molecular complexity index is 619. The Kier molecular flexibility index (Phi) is 4.68. The van der Waals surface area contributed by atoms with Crippen LogP contribution in [0.5, 0.6) is 0 Å². The number of hydrogen-bond acceptors (Lipinski definition) is 3. The summed E-state index contributed by atoms with van der Waals surface area (Å²) in [6, 6.07) is 10.5. The molecule has 0 bridgehead atoms. The zero-order valence-electron chi connectivity index (χ0n) is 14.0. The molecule has 2 aliphatic rings. The van der Waals surface area contributed by atoms with Gasteiger partial charge in [-0.05, 0) is 42.2 Å². The summed E-state index contributed by atoms with van der Waals surface area (Å²) >= 11 is 0. The highest BCUT2D eigenvalue weighted by atomic mass is 16.2. The summed E-state index contributed by atoms with van der Waals surface area (Å²) in [7, 11) is 0. The van der Waals surface area contributed by atoms with Gasteiger partial charge < -0.3 is 10.2 Å². The molecule has 0 unspecified atom stereocenters. The van der Waals surface area contributed by atoms with Crippen LogP contribution in [0.3, 0.4) is 0 Å². The van der Waals surface area contributed by atoms with E-state index in [-0.39, 0.29) is 18.0 Å². The predicted octanol–water partition coefficient (Wildman–Crippen LogP) is 2.77. The van der Waals surface area contributed by atoms with E-state index in [4.69, 9.17) is 0 Å². The first-order chi connectivity index (χ1) is 11.1. The maximum absolute atomic E-state index is 12.7. The van der Waals surface area contributed by atoms with Gasteiger partial charge in [-0.15, -0.1) is 0 Å². The Balaban J connectivity index is 1.72. The third-order valence-corrected chi connectivity index (χ3v) is 5.17. The van der Waals surface area contributed by atoms with E-state index < -0.39 is 0 Å². The molecule has 1 amide bonds. The topological polar surface area (TPSA) is 56.1 Å². The standard InChI is InChI=1S/C19H25N3O/c1-13(2)16-7-3-4-8-17(16)14-10-18(21-12-14)19(23)22-9-5-6-15(22)11-20/h3-4,7-8,13-15,18,21H,5-6,9-10,12H2,1-2H3/t14-,15-,18-/m0/s1. The van der Waals surface area contributed by atoms with Gasteiger partial charge in [0.15, 0.2) is 0 Å². The summed E-state index contributed by atoms with van der Waals surface area (Å²) < 4.78 is 0. The lowest BCUT2D eigenvalue weighted by atomic mass is 9.87. The lowest BCUT2D eigenvalue weighted by Crippen LogP contribution is -2.45. The van der Waals surface area contributed by atoms with Crippen molar-refractivity contribution in [2.24, 2.45) is 0 Å². The molecule has 1 aromatic rings. The van der Waals surface area contributed by atoms with E-state index in [9.17, 15) is 10.1 Å². The predicted molar refractivity (Wildman–Crippen MR) is 90.0 cm³/mol. The van der Waals surface area contributed by atoms with Gasteiger partial charge in [-0.3, -0.25) is 4.79 Å². The summed E-state index contributed by atoms with van der Waals surface area (Å²) in [5, 5.41) is 12.6. The summed E-state index contributed by atoms with van der Waals surface area (Å²) in [5.74, 6) is 0.978. The number of nitrogens with one attached hydrogen (secondary N) is 1. The molecule has 1 N–H and O–H groups in total. The van der Waals surface area contributed by atoms with Gasteiger partial charge in [-0.2, -0.15) is 5.26 Å². The smallest absolute Gasteiger partial charge is 0.240 e. The number of amides is 1. The number of carbonyl (C=O) groups excluding carboxylic acids is 1. The van der Waals surface area contributed by atoms with Crippen molar-refractivity contribution >= 4 is 5.91 Å². The van der Waals surface area contributed by atoms with Crippen molar-refractivity contribution in [2.45, 2.75) is 57.0 Å². The van der Waals surface area contributed by atoms with Crippen molar-refractivity contribution in [2.75, 3.05) is 13.1 Å². The highest BCUT2D eigenvalue weighted by Crippen LogP contribution is 2.33. The summed E-state index contributed by atoms with van der Waals surface area (Å²) in [4.78, 5) is 14.5. The summed E-state index contributed by atoms with van der Waals surface area (Å²) in [6.07, 6.45) is 2.59. The minimum Gasteiger partial charge on any atom is -0.325 e. The van der Waals surface area contributed by atoms with Crippen molar-refractivity contribution in [3.8, 4) is 6.07 Å². The number of nitriles is 1. The fourth-order valence-corrected chi connectivity index (χ4v) is 3.93. The van der Waals surface area contributed by atoms with Gasteiger partial charge >= 0.3 is 0 Å². The Morgan fingerprint density at radius 1 is 1.39 bits per heavy atom. The fraction of sp³-hybridized carbons (Fsp3) is 0.579. The molecule has 23 heavy (non-hydrogen) atoms. The quantitative estimate of drug-likeness (QED) is 0.934. The Labute approximate surface area is 138 Å². The van der Waals surface area contributed by atoms with Gasteiger partial charge in [0.2, 0.25) is 5.91 Å². The zero-order chi connectivity index (χ0) is 16.4. The first-order valence-corrected chi connectivity index (χ1v) is 8.64. The normalized spacial score (nSPS) is 27.4. The van der Waals surface area contributed by atoms with Crippen LogP contribution in [0.1, 0.15) is 56.1 Å².